The van der Waals surface area contributed by atoms with Gasteiger partial charge in [0.05, 0.1) is 0 Å². The molecule has 0 saturated heterocycles. The molecule has 0 bridgehead atoms. The van der Waals surface area contributed by atoms with Crippen LogP contribution in [0.3, 0.4) is 0 Å². The van der Waals surface area contributed by atoms with Crippen LogP contribution < -0.4 is 0 Å². The summed E-state index contributed by atoms with van der Waals surface area (Å²) in [6.45, 7) is 0. The third-order valence-corrected chi connectivity index (χ3v) is 41.8. The van der Waals surface area contributed by atoms with Crippen LogP contribution in [-0.4, -0.2) is 27.3 Å². The molecule has 0 amide bonds. The van der Waals surface area contributed by atoms with Crippen molar-refractivity contribution in [1.29, 1.82) is 0 Å². The van der Waals surface area contributed by atoms with E-state index in [2.05, 4.69) is 315 Å². The fourth-order valence-corrected chi connectivity index (χ4v) is 18.4. The molecule has 0 rings (SSSR count). The van der Waals surface area contributed by atoms with Gasteiger partial charge in [0.2, 0.25) is 0 Å². The zero-order chi connectivity index (χ0) is 24.5. The minimum atomic E-state index is -1.04. The van der Waals surface area contributed by atoms with E-state index in [1.165, 1.54) is 0 Å². The highest BCUT2D eigenvalue weighted by atomic mass is 80.0. The first-order chi connectivity index (χ1) is 12.0. The number of alkyl halides is 19. The second kappa shape index (κ2) is 12.4. The molecule has 0 nitrogen and oxygen atoms in total. The molecule has 0 heterocycles. The van der Waals surface area contributed by atoms with E-state index < -0.39 is 27.3 Å². The van der Waals surface area contributed by atoms with Crippen molar-refractivity contribution in [3.8, 4) is 0 Å². The summed E-state index contributed by atoms with van der Waals surface area (Å²) in [7, 11) is 0. The lowest BCUT2D eigenvalue weighted by Gasteiger charge is -2.58. The first kappa shape index (κ1) is 38.5. The highest BCUT2D eigenvalue weighted by Gasteiger charge is 2.78. The lowest BCUT2D eigenvalue weighted by atomic mass is 10.1. The maximum atomic E-state index is 4.60. The average molecular weight is 1660 g/mol. The first-order valence-corrected chi connectivity index (χ1v) is 21.3. The van der Waals surface area contributed by atoms with Crippen molar-refractivity contribution in [3.63, 3.8) is 0 Å². The third kappa shape index (κ3) is 7.10. The van der Waals surface area contributed by atoms with Crippen molar-refractivity contribution in [2.24, 2.45) is 0 Å². The van der Waals surface area contributed by atoms with Gasteiger partial charge in [0.1, 0.15) is 25.2 Å². The van der Waals surface area contributed by atoms with Crippen LogP contribution in [0.15, 0.2) is 0 Å². The third-order valence-electron chi connectivity index (χ3n) is 3.10. The van der Waals surface area contributed by atoms with Gasteiger partial charge in [-0.15, -0.1) is 12.6 Å². The molecule has 0 radical (unpaired) electrons. The van der Waals surface area contributed by atoms with Crippen molar-refractivity contribution in [3.05, 3.63) is 0 Å². The Morgan fingerprint density at radius 1 is 0.276 bits per heavy atom. The Balaban J connectivity index is 6.82. The van der Waals surface area contributed by atoms with Gasteiger partial charge in [-0.2, -0.15) is 0 Å². The molecule has 0 unspecified atom stereocenters. The summed E-state index contributed by atoms with van der Waals surface area (Å²) in [5.74, 6) is 0. The molecule has 0 aromatic carbocycles. The quantitative estimate of drug-likeness (QED) is 0.191. The van der Waals surface area contributed by atoms with Crippen LogP contribution in [-0.2, 0) is 0 Å². The van der Waals surface area contributed by atoms with Gasteiger partial charge in [0, 0.05) is 0 Å². The highest BCUT2D eigenvalue weighted by molar-refractivity contribution is 9.42. The molecular weight excluding hydrogens is 1660 g/mol. The van der Waals surface area contributed by atoms with Crippen LogP contribution in [0, 0.1) is 0 Å². The zero-order valence-corrected chi connectivity index (χ0v) is 43.2. The van der Waals surface area contributed by atoms with E-state index in [-0.39, 0.29) is 0 Å². The average Bonchev–Trinajstić information content (AvgIpc) is 2.43. The Kier molecular flexibility index (Phi) is 16.4. The molecule has 0 spiro atoms. The molecule has 0 fully saturated rings. The molecule has 176 valence electrons. The summed E-state index contributed by atoms with van der Waals surface area (Å²) in [5, 5.41) is 0. The summed E-state index contributed by atoms with van der Waals surface area (Å²) >= 11 is 75.3. The van der Waals surface area contributed by atoms with E-state index in [9.17, 15) is 0 Å². The van der Waals surface area contributed by atoms with Crippen LogP contribution in [0.25, 0.3) is 0 Å². The van der Waals surface area contributed by atoms with Crippen LogP contribution in [0.1, 0.15) is 0 Å². The smallest absolute Gasteiger partial charge is 0.147 e. The summed E-state index contributed by atoms with van der Waals surface area (Å²) in [5.41, 5.74) is 0. The number of rotatable bonds is 7. The topological polar surface area (TPSA) is 0 Å². The predicted molar refractivity (Wildman–Crippen MR) is 203 cm³/mol. The maximum absolute atomic E-state index is 4.60. The Labute approximate surface area is 334 Å². The summed E-state index contributed by atoms with van der Waals surface area (Å²) in [6.07, 6.45) is 0. The predicted octanol–water partition coefficient (Wildman–Crippen LogP) is 14.6. The maximum Gasteiger partial charge on any atom is 0.162 e. The lowest BCUT2D eigenvalue weighted by molar-refractivity contribution is 0.585. The molecule has 0 aliphatic heterocycles. The Morgan fingerprint density at radius 3 is 0.621 bits per heavy atom. The molecule has 20 heteroatoms. The minimum absolute atomic E-state index is 0.794. The molecule has 0 aliphatic rings. The minimum Gasteiger partial charge on any atom is -0.147 e. The van der Waals surface area contributed by atoms with Gasteiger partial charge < -0.3 is 0 Å². The molecule has 29 heavy (non-hydrogen) atoms. The van der Waals surface area contributed by atoms with E-state index in [1.807, 2.05) is 0 Å². The normalized spacial score (nSPS) is 17.0. The standard InChI is InChI=1S/C9HBr19S/c10-1(11,2(12,13)4(16,17)6(20,21)8(24,25)26)3(14,15)5(18,19)7(22,23)9(27,28)29/h29H. The van der Waals surface area contributed by atoms with Gasteiger partial charge >= 0.3 is 0 Å². The van der Waals surface area contributed by atoms with Gasteiger partial charge in [0.15, 0.2) is 2.14 Å². The van der Waals surface area contributed by atoms with Gasteiger partial charge in [-0.25, -0.2) is 0 Å². The van der Waals surface area contributed by atoms with Crippen LogP contribution in [0.5, 0.6) is 0 Å². The fraction of sp³-hybridized carbons (Fsp3) is 1.00. The largest absolute Gasteiger partial charge is 0.162 e. The molecule has 0 aromatic heterocycles. The number of hydrogen-bond donors (Lipinski definition) is 1. The molecule has 0 aromatic rings. The second-order valence-corrected chi connectivity index (χ2v) is 41.3. The van der Waals surface area contributed by atoms with E-state index in [0.29, 0.717) is 0 Å². The number of halogens is 19. The monoisotopic (exact) mass is 1640 g/mol. The zero-order valence-electron chi connectivity index (χ0n) is 12.1. The van der Waals surface area contributed by atoms with Gasteiger partial charge in [-0.1, -0.05) is 303 Å². The molecule has 0 N–H and O–H groups in total. The molecule has 0 atom stereocenters. The van der Waals surface area contributed by atoms with Crippen molar-refractivity contribution >= 4 is 315 Å². The van der Waals surface area contributed by atoms with Gasteiger partial charge in [-0.05, 0) is 0 Å². The van der Waals surface area contributed by atoms with E-state index in [0.717, 1.165) is 0 Å². The summed E-state index contributed by atoms with van der Waals surface area (Å²) in [6, 6.07) is 0. The Hall–Kier alpha value is 9.47. The summed E-state index contributed by atoms with van der Waals surface area (Å²) in [4.78, 5) is 0. The highest BCUT2D eigenvalue weighted by Crippen LogP contribution is 2.79. The molecule has 0 aliphatic carbocycles. The number of thiol groups is 1. The fourth-order valence-electron chi connectivity index (χ4n) is 1.35. The second-order valence-electron chi connectivity index (χ2n) is 5.06. The first-order valence-electron chi connectivity index (χ1n) is 5.81. The Bertz CT molecular complexity index is 554. The molecule has 0 saturated carbocycles. The van der Waals surface area contributed by atoms with Crippen molar-refractivity contribution in [2.75, 3.05) is 0 Å². The van der Waals surface area contributed by atoms with E-state index in [4.69, 9.17) is 0 Å². The van der Waals surface area contributed by atoms with Crippen molar-refractivity contribution < 1.29 is 0 Å². The van der Waals surface area contributed by atoms with Crippen LogP contribution >= 0.6 is 315 Å². The Morgan fingerprint density at radius 2 is 0.448 bits per heavy atom. The number of hydrogen-bond acceptors (Lipinski definition) is 1. The summed E-state index contributed by atoms with van der Waals surface area (Å²) < 4.78 is -8.62. The van der Waals surface area contributed by atoms with E-state index >= 15 is 0 Å². The lowest BCUT2D eigenvalue weighted by Crippen LogP contribution is -2.69. The SMILES string of the molecule is SC(Br)(Br)C(Br)(Br)C(Br)(Br)C(Br)(Br)C(Br)(Br)C(Br)(Br)C(Br)(Br)C(Br)(Br)C(Br)(Br)Br. The van der Waals surface area contributed by atoms with Crippen molar-refractivity contribution in [1.82, 2.24) is 0 Å². The van der Waals surface area contributed by atoms with Crippen LogP contribution in [0.4, 0.5) is 0 Å². The van der Waals surface area contributed by atoms with E-state index in [1.54, 1.807) is 0 Å². The molecular formula is C9HBr19S. The van der Waals surface area contributed by atoms with Gasteiger partial charge in [0.25, 0.3) is 0 Å². The van der Waals surface area contributed by atoms with Crippen molar-refractivity contribution in [2.45, 2.75) is 27.3 Å². The van der Waals surface area contributed by atoms with Gasteiger partial charge in [-0.3, -0.25) is 0 Å². The van der Waals surface area contributed by atoms with Crippen LogP contribution in [0.2, 0.25) is 0 Å².